The van der Waals surface area contributed by atoms with E-state index in [4.69, 9.17) is 16.3 Å². The topological polar surface area (TPSA) is 21.3 Å². The zero-order valence-corrected chi connectivity index (χ0v) is 12.3. The summed E-state index contributed by atoms with van der Waals surface area (Å²) in [6, 6.07) is 12.5. The van der Waals surface area contributed by atoms with E-state index >= 15 is 0 Å². The maximum absolute atomic E-state index is 13.5. The van der Waals surface area contributed by atoms with Crippen LogP contribution in [0.15, 0.2) is 46.9 Å². The molecular formula is C14H12BrClFNO. The third kappa shape index (κ3) is 4.11. The van der Waals surface area contributed by atoms with E-state index in [9.17, 15) is 4.39 Å². The summed E-state index contributed by atoms with van der Waals surface area (Å²) < 4.78 is 19.9. The van der Waals surface area contributed by atoms with Crippen LogP contribution in [0.3, 0.4) is 0 Å². The summed E-state index contributed by atoms with van der Waals surface area (Å²) in [5, 5.41) is 3.24. The number of ether oxygens (including phenoxy) is 1. The molecule has 0 radical (unpaired) electrons. The summed E-state index contributed by atoms with van der Waals surface area (Å²) in [5.74, 6) is -0.349. The molecule has 0 unspecified atom stereocenters. The van der Waals surface area contributed by atoms with Gasteiger partial charge in [0.05, 0.1) is 5.02 Å². The van der Waals surface area contributed by atoms with Gasteiger partial charge in [-0.25, -0.2) is 4.39 Å². The van der Waals surface area contributed by atoms with Gasteiger partial charge in [0.1, 0.15) is 6.61 Å². The fourth-order valence-corrected chi connectivity index (χ4v) is 1.95. The van der Waals surface area contributed by atoms with Crippen LogP contribution in [0.4, 0.5) is 10.1 Å². The Labute approximate surface area is 124 Å². The Bertz CT molecular complexity index is 548. The molecular weight excluding hydrogens is 333 g/mol. The number of anilines is 1. The summed E-state index contributed by atoms with van der Waals surface area (Å²) >= 11 is 9.03. The van der Waals surface area contributed by atoms with Gasteiger partial charge in [-0.3, -0.25) is 0 Å². The fourth-order valence-electron chi connectivity index (χ4n) is 1.52. The maximum Gasteiger partial charge on any atom is 0.183 e. The molecule has 2 aromatic carbocycles. The van der Waals surface area contributed by atoms with Gasteiger partial charge in [0.25, 0.3) is 0 Å². The number of benzene rings is 2. The molecule has 100 valence electrons. The minimum absolute atomic E-state index is 0.0679. The molecule has 0 spiro atoms. The van der Waals surface area contributed by atoms with Crippen molar-refractivity contribution >= 4 is 33.2 Å². The van der Waals surface area contributed by atoms with Crippen LogP contribution < -0.4 is 10.1 Å². The van der Waals surface area contributed by atoms with E-state index in [-0.39, 0.29) is 10.8 Å². The molecule has 5 heteroatoms. The minimum Gasteiger partial charge on any atom is -0.489 e. The van der Waals surface area contributed by atoms with Crippen LogP contribution >= 0.6 is 27.5 Å². The van der Waals surface area contributed by atoms with Crippen molar-refractivity contribution in [2.24, 2.45) is 0 Å². The Balaban J connectivity index is 1.81. The molecule has 0 aliphatic heterocycles. The quantitative estimate of drug-likeness (QED) is 0.792. The molecule has 0 amide bonds. The highest BCUT2D eigenvalue weighted by molar-refractivity contribution is 9.10. The van der Waals surface area contributed by atoms with Crippen LogP contribution in [0.25, 0.3) is 0 Å². The largest absolute Gasteiger partial charge is 0.489 e. The molecule has 2 rings (SSSR count). The average Bonchev–Trinajstić information content (AvgIpc) is 2.41. The maximum atomic E-state index is 13.5. The molecule has 0 bridgehead atoms. The molecule has 0 aliphatic carbocycles. The molecule has 19 heavy (non-hydrogen) atoms. The monoisotopic (exact) mass is 343 g/mol. The summed E-state index contributed by atoms with van der Waals surface area (Å²) in [6.07, 6.45) is 0. The first-order chi connectivity index (χ1) is 9.16. The van der Waals surface area contributed by atoms with E-state index in [1.165, 1.54) is 6.07 Å². The number of hydrogen-bond acceptors (Lipinski definition) is 2. The zero-order chi connectivity index (χ0) is 13.7. The first-order valence-electron chi connectivity index (χ1n) is 5.73. The van der Waals surface area contributed by atoms with E-state index in [0.717, 1.165) is 10.2 Å². The Kier molecular flexibility index (Phi) is 5.05. The van der Waals surface area contributed by atoms with Gasteiger partial charge in [-0.2, -0.15) is 0 Å². The molecule has 0 aromatic heterocycles. The van der Waals surface area contributed by atoms with Crippen LogP contribution in [0.1, 0.15) is 0 Å². The third-order valence-corrected chi connectivity index (χ3v) is 3.27. The van der Waals surface area contributed by atoms with Gasteiger partial charge in [0.15, 0.2) is 11.6 Å². The van der Waals surface area contributed by atoms with Gasteiger partial charge in [0.2, 0.25) is 0 Å². The Morgan fingerprint density at radius 2 is 1.89 bits per heavy atom. The predicted octanol–water partition coefficient (Wildman–Crippen LogP) is 4.73. The average molecular weight is 345 g/mol. The summed E-state index contributed by atoms with van der Waals surface area (Å²) in [6.45, 7) is 0.931. The van der Waals surface area contributed by atoms with Crippen LogP contribution in [-0.4, -0.2) is 13.2 Å². The summed E-state index contributed by atoms with van der Waals surface area (Å²) in [7, 11) is 0. The van der Waals surface area contributed by atoms with Gasteiger partial charge in [-0.05, 0) is 36.4 Å². The van der Waals surface area contributed by atoms with Crippen molar-refractivity contribution < 1.29 is 9.13 Å². The molecule has 0 saturated heterocycles. The smallest absolute Gasteiger partial charge is 0.183 e. The molecule has 1 N–H and O–H groups in total. The van der Waals surface area contributed by atoms with Gasteiger partial charge in [-0.1, -0.05) is 33.6 Å². The normalized spacial score (nSPS) is 10.3. The standard InChI is InChI=1S/C14H12BrClFNO/c15-10-4-6-11(7-5-10)18-8-9-19-13-3-1-2-12(16)14(13)17/h1-7,18H,8-9H2. The zero-order valence-electron chi connectivity index (χ0n) is 10.00. The van der Waals surface area contributed by atoms with Gasteiger partial charge >= 0.3 is 0 Å². The molecule has 0 saturated carbocycles. The van der Waals surface area contributed by atoms with Crippen LogP contribution in [0.5, 0.6) is 5.75 Å². The molecule has 0 atom stereocenters. The van der Waals surface area contributed by atoms with E-state index in [2.05, 4.69) is 21.2 Å². The Morgan fingerprint density at radius 1 is 1.16 bits per heavy atom. The van der Waals surface area contributed by atoms with Crippen LogP contribution in [0, 0.1) is 5.82 Å². The minimum atomic E-state index is -0.521. The SMILES string of the molecule is Fc1c(Cl)cccc1OCCNc1ccc(Br)cc1. The third-order valence-electron chi connectivity index (χ3n) is 2.45. The van der Waals surface area contributed by atoms with Crippen molar-refractivity contribution in [3.8, 4) is 5.75 Å². The summed E-state index contributed by atoms with van der Waals surface area (Å²) in [4.78, 5) is 0. The van der Waals surface area contributed by atoms with E-state index < -0.39 is 5.82 Å². The lowest BCUT2D eigenvalue weighted by atomic mass is 10.3. The molecule has 2 aromatic rings. The highest BCUT2D eigenvalue weighted by Gasteiger charge is 2.06. The Hall–Kier alpha value is -1.26. The summed E-state index contributed by atoms with van der Waals surface area (Å²) in [5.41, 5.74) is 0.985. The molecule has 0 fully saturated rings. The second kappa shape index (κ2) is 6.78. The van der Waals surface area contributed by atoms with Gasteiger partial charge < -0.3 is 10.1 Å². The molecule has 0 heterocycles. The van der Waals surface area contributed by atoms with Crippen LogP contribution in [-0.2, 0) is 0 Å². The number of rotatable bonds is 5. The van der Waals surface area contributed by atoms with E-state index in [1.54, 1.807) is 12.1 Å². The first-order valence-corrected chi connectivity index (χ1v) is 6.90. The Morgan fingerprint density at radius 3 is 2.63 bits per heavy atom. The second-order valence-electron chi connectivity index (χ2n) is 3.83. The van der Waals surface area contributed by atoms with Crippen molar-refractivity contribution in [2.45, 2.75) is 0 Å². The fraction of sp³-hybridized carbons (Fsp3) is 0.143. The van der Waals surface area contributed by atoms with Crippen molar-refractivity contribution in [2.75, 3.05) is 18.5 Å². The lowest BCUT2D eigenvalue weighted by Crippen LogP contribution is -2.12. The number of hydrogen-bond donors (Lipinski definition) is 1. The van der Waals surface area contributed by atoms with E-state index in [1.807, 2.05) is 24.3 Å². The highest BCUT2D eigenvalue weighted by atomic mass is 79.9. The van der Waals surface area contributed by atoms with Crippen molar-refractivity contribution in [3.63, 3.8) is 0 Å². The van der Waals surface area contributed by atoms with Gasteiger partial charge in [0, 0.05) is 16.7 Å². The highest BCUT2D eigenvalue weighted by Crippen LogP contribution is 2.23. The van der Waals surface area contributed by atoms with Crippen molar-refractivity contribution in [1.82, 2.24) is 0 Å². The van der Waals surface area contributed by atoms with Crippen molar-refractivity contribution in [3.05, 3.63) is 57.8 Å². The molecule has 2 nitrogen and oxygen atoms in total. The van der Waals surface area contributed by atoms with Crippen LogP contribution in [0.2, 0.25) is 5.02 Å². The van der Waals surface area contributed by atoms with Crippen molar-refractivity contribution in [1.29, 1.82) is 0 Å². The lowest BCUT2D eigenvalue weighted by molar-refractivity contribution is 0.315. The number of nitrogens with one attached hydrogen (secondary N) is 1. The number of halogens is 3. The predicted molar refractivity (Wildman–Crippen MR) is 79.5 cm³/mol. The first kappa shape index (κ1) is 14.2. The second-order valence-corrected chi connectivity index (χ2v) is 5.16. The lowest BCUT2D eigenvalue weighted by Gasteiger charge is -2.09. The molecule has 0 aliphatic rings. The van der Waals surface area contributed by atoms with E-state index in [0.29, 0.717) is 13.2 Å². The van der Waals surface area contributed by atoms with Gasteiger partial charge in [-0.15, -0.1) is 0 Å².